The highest BCUT2D eigenvalue weighted by molar-refractivity contribution is 8.01. The monoisotopic (exact) mass is 738 g/mol. The number of likely N-dealkylation sites (tertiary alicyclic amines) is 1. The largest absolute Gasteiger partial charge is 0.506 e. The molecule has 1 aromatic carbocycles. The van der Waals surface area contributed by atoms with Crippen molar-refractivity contribution in [3.05, 3.63) is 29.8 Å². The highest BCUT2D eigenvalue weighted by atomic mass is 32.2. The molecular formula is C35H58N6O9S. The van der Waals surface area contributed by atoms with Crippen LogP contribution in [0, 0.1) is 5.92 Å². The van der Waals surface area contributed by atoms with E-state index in [1.54, 1.807) is 49.9 Å². The molecule has 7 amide bonds. The number of hydrogen-bond acceptors (Lipinski definition) is 9. The Morgan fingerprint density at radius 2 is 1.63 bits per heavy atom. The summed E-state index contributed by atoms with van der Waals surface area (Å²) in [5.74, 6) is -1.72. The van der Waals surface area contributed by atoms with Crippen molar-refractivity contribution in [1.82, 2.24) is 20.9 Å². The fourth-order valence-electron chi connectivity index (χ4n) is 4.44. The van der Waals surface area contributed by atoms with E-state index in [2.05, 4.69) is 32.9 Å². The quantitative estimate of drug-likeness (QED) is 0.0667. The van der Waals surface area contributed by atoms with E-state index in [0.717, 1.165) is 12.8 Å². The van der Waals surface area contributed by atoms with E-state index < -0.39 is 30.0 Å². The topological polar surface area (TPSA) is 226 Å². The molecule has 0 saturated carbocycles. The zero-order valence-electron chi connectivity index (χ0n) is 31.0. The summed E-state index contributed by atoms with van der Waals surface area (Å²) < 4.78 is 4.48. The first-order valence-corrected chi connectivity index (χ1v) is 18.5. The highest BCUT2D eigenvalue weighted by Gasteiger charge is 2.39. The smallest absolute Gasteiger partial charge is 0.450 e. The van der Waals surface area contributed by atoms with E-state index in [1.807, 2.05) is 27.7 Å². The van der Waals surface area contributed by atoms with E-state index in [4.69, 9.17) is 10.8 Å². The van der Waals surface area contributed by atoms with Crippen LogP contribution in [0.15, 0.2) is 24.3 Å². The first-order chi connectivity index (χ1) is 24.2. The number of hydrogen-bond donors (Lipinski definition) is 6. The number of benzene rings is 1. The van der Waals surface area contributed by atoms with Gasteiger partial charge in [0.15, 0.2) is 0 Å². The Hall–Kier alpha value is -4.34. The predicted octanol–water partition coefficient (Wildman–Crippen LogP) is 4.39. The Kier molecular flexibility index (Phi) is 24.2. The summed E-state index contributed by atoms with van der Waals surface area (Å²) in [6, 6.07) is 5.12. The fraction of sp³-hybridized carbons (Fsp3) is 0.629. The first-order valence-electron chi connectivity index (χ1n) is 17.5. The number of amides is 7. The minimum Gasteiger partial charge on any atom is -0.450 e. The molecule has 0 radical (unpaired) electrons. The van der Waals surface area contributed by atoms with Crippen LogP contribution >= 0.6 is 11.8 Å². The van der Waals surface area contributed by atoms with E-state index in [1.165, 1.54) is 4.90 Å². The average molecular weight is 739 g/mol. The van der Waals surface area contributed by atoms with E-state index >= 15 is 0 Å². The summed E-state index contributed by atoms with van der Waals surface area (Å²) in [6.45, 7) is 14.3. The summed E-state index contributed by atoms with van der Waals surface area (Å²) in [7, 11) is 0. The van der Waals surface area contributed by atoms with Gasteiger partial charge in [-0.05, 0) is 49.3 Å². The molecule has 1 aliphatic heterocycles. The molecule has 1 saturated heterocycles. The average Bonchev–Trinajstić information content (AvgIpc) is 3.36. The van der Waals surface area contributed by atoms with Crippen LogP contribution in [0.25, 0.3) is 0 Å². The second-order valence-corrected chi connectivity index (χ2v) is 13.5. The number of carbonyl (C=O) groups excluding carboxylic acids is 6. The molecule has 288 valence electrons. The third kappa shape index (κ3) is 20.2. The van der Waals surface area contributed by atoms with Gasteiger partial charge in [0.05, 0.1) is 11.8 Å². The summed E-state index contributed by atoms with van der Waals surface area (Å²) in [5, 5.41) is 18.9. The molecule has 2 rings (SSSR count). The Morgan fingerprint density at radius 3 is 2.16 bits per heavy atom. The molecule has 1 heterocycles. The van der Waals surface area contributed by atoms with Crippen molar-refractivity contribution in [2.75, 3.05) is 25.0 Å². The zero-order valence-corrected chi connectivity index (χ0v) is 31.9. The number of imide groups is 1. The normalized spacial score (nSPS) is 14.6. The van der Waals surface area contributed by atoms with Crippen LogP contribution in [0.1, 0.15) is 99.0 Å². The number of nitrogens with two attached hydrogens (primary N) is 1. The molecule has 51 heavy (non-hydrogen) atoms. The second kappa shape index (κ2) is 26.5. The van der Waals surface area contributed by atoms with Crippen molar-refractivity contribution in [1.29, 1.82) is 0 Å². The molecule has 0 bridgehead atoms. The first kappa shape index (κ1) is 46.7. The van der Waals surface area contributed by atoms with Crippen molar-refractivity contribution in [2.24, 2.45) is 11.7 Å². The summed E-state index contributed by atoms with van der Waals surface area (Å²) in [6.07, 6.45) is 2.73. The van der Waals surface area contributed by atoms with Gasteiger partial charge in [0.25, 0.3) is 0 Å². The van der Waals surface area contributed by atoms with Crippen LogP contribution in [-0.4, -0.2) is 87.9 Å². The number of unbranched alkanes of at least 4 members (excludes halogenated alkanes) is 2. The SMILES string of the molecule is CC.CCC(C)SC1CC(=O)N(CCCCCC(=O)NC(C(=O)NCC(=O)Nc2ccc(COC(=O)O)cc2)C(C)C)C1=O.CCCNC(N)=O. The van der Waals surface area contributed by atoms with Gasteiger partial charge in [-0.25, -0.2) is 9.59 Å². The summed E-state index contributed by atoms with van der Waals surface area (Å²) in [5.41, 5.74) is 5.80. The third-order valence-electron chi connectivity index (χ3n) is 7.30. The number of nitrogens with zero attached hydrogens (tertiary/aromatic N) is 1. The number of carboxylic acid groups (broad SMARTS) is 1. The number of thioether (sulfide) groups is 1. The number of primary amides is 1. The second-order valence-electron chi connectivity index (χ2n) is 11.8. The maximum Gasteiger partial charge on any atom is 0.506 e. The van der Waals surface area contributed by atoms with Gasteiger partial charge < -0.3 is 36.8 Å². The molecule has 0 aromatic heterocycles. The van der Waals surface area contributed by atoms with Gasteiger partial charge in [-0.2, -0.15) is 0 Å². The Labute approximate surface area is 305 Å². The van der Waals surface area contributed by atoms with E-state index in [9.17, 15) is 33.6 Å². The zero-order chi connectivity index (χ0) is 38.9. The molecule has 1 aromatic rings. The fourth-order valence-corrected chi connectivity index (χ4v) is 5.68. The van der Waals surface area contributed by atoms with Gasteiger partial charge in [0.1, 0.15) is 12.6 Å². The molecule has 15 nitrogen and oxygen atoms in total. The Balaban J connectivity index is 0.00000247. The highest BCUT2D eigenvalue weighted by Crippen LogP contribution is 2.29. The van der Waals surface area contributed by atoms with Crippen LogP contribution in [0.2, 0.25) is 0 Å². The summed E-state index contributed by atoms with van der Waals surface area (Å²) >= 11 is 1.55. The maximum atomic E-state index is 12.7. The lowest BCUT2D eigenvalue weighted by Gasteiger charge is -2.21. The molecule has 16 heteroatoms. The Morgan fingerprint density at radius 1 is 0.980 bits per heavy atom. The molecule has 7 N–H and O–H groups in total. The number of urea groups is 1. The van der Waals surface area contributed by atoms with Crippen molar-refractivity contribution in [2.45, 2.75) is 117 Å². The number of carbonyl (C=O) groups is 7. The number of rotatable bonds is 19. The van der Waals surface area contributed by atoms with Gasteiger partial charge in [-0.15, -0.1) is 11.8 Å². The third-order valence-corrected chi connectivity index (χ3v) is 8.79. The molecule has 3 atom stereocenters. The van der Waals surface area contributed by atoms with Gasteiger partial charge in [0, 0.05) is 36.9 Å². The predicted molar refractivity (Wildman–Crippen MR) is 198 cm³/mol. The minimum absolute atomic E-state index is 0.110. The standard InChI is InChI=1S/C29H42N4O8S.C4H10N2O.C2H6/c1-5-19(4)42-22-15-25(36)33(28(22)38)14-8-6-7-9-23(34)32-26(18(2)3)27(37)30-16-24(35)31-21-12-10-20(11-13-21)17-41-29(39)40;1-2-3-6-4(5)7;1-2/h10-13,18-19,22,26H,5-9,14-17H2,1-4H3,(H,30,37)(H,31,35)(H,32,34)(H,39,40);2-3H2,1H3,(H3,5,6,7);1-2H3. The van der Waals surface area contributed by atoms with E-state index in [0.29, 0.717) is 48.9 Å². The van der Waals surface area contributed by atoms with Crippen LogP contribution in [0.5, 0.6) is 0 Å². The number of anilines is 1. The van der Waals surface area contributed by atoms with Gasteiger partial charge >= 0.3 is 12.2 Å². The lowest BCUT2D eigenvalue weighted by molar-refractivity contribution is -0.138. The van der Waals surface area contributed by atoms with Crippen molar-refractivity contribution in [3.63, 3.8) is 0 Å². The molecule has 0 spiro atoms. The number of ether oxygens (including phenoxy) is 1. The van der Waals surface area contributed by atoms with Gasteiger partial charge in [-0.3, -0.25) is 28.9 Å². The van der Waals surface area contributed by atoms with Crippen molar-refractivity contribution < 1.29 is 43.4 Å². The van der Waals surface area contributed by atoms with Crippen molar-refractivity contribution in [3.8, 4) is 0 Å². The van der Waals surface area contributed by atoms with Crippen molar-refractivity contribution >= 4 is 59.2 Å². The molecule has 0 aliphatic carbocycles. The van der Waals surface area contributed by atoms with Gasteiger partial charge in [-0.1, -0.05) is 67.0 Å². The lowest BCUT2D eigenvalue weighted by atomic mass is 10.0. The van der Waals surface area contributed by atoms with Crippen LogP contribution in [0.4, 0.5) is 15.3 Å². The summed E-state index contributed by atoms with van der Waals surface area (Å²) in [4.78, 5) is 84.0. The molecule has 1 fully saturated rings. The maximum absolute atomic E-state index is 12.7. The van der Waals surface area contributed by atoms with Crippen LogP contribution in [0.3, 0.4) is 0 Å². The van der Waals surface area contributed by atoms with Crippen LogP contribution in [-0.2, 0) is 35.3 Å². The molecule has 3 unspecified atom stereocenters. The Bertz CT molecular complexity index is 1260. The minimum atomic E-state index is -1.38. The van der Waals surface area contributed by atoms with E-state index in [-0.39, 0.29) is 54.9 Å². The molecular weight excluding hydrogens is 680 g/mol. The van der Waals surface area contributed by atoms with Crippen LogP contribution < -0.4 is 27.0 Å². The number of nitrogens with one attached hydrogen (secondary N) is 4. The van der Waals surface area contributed by atoms with Gasteiger partial charge in [0.2, 0.25) is 29.5 Å². The molecule has 1 aliphatic rings. The lowest BCUT2D eigenvalue weighted by Crippen LogP contribution is -2.51.